The highest BCUT2D eigenvalue weighted by Gasteiger charge is 2.36. The van der Waals surface area contributed by atoms with Crippen LogP contribution in [-0.4, -0.2) is 25.9 Å². The number of ketones is 1. The number of hydrogen-bond acceptors (Lipinski definition) is 6. The molecule has 7 nitrogen and oxygen atoms in total. The molecule has 0 aliphatic heterocycles. The van der Waals surface area contributed by atoms with Crippen LogP contribution in [0.25, 0.3) is 11.6 Å². The fourth-order valence-corrected chi connectivity index (χ4v) is 3.11. The topological polar surface area (TPSA) is 111 Å². The van der Waals surface area contributed by atoms with Gasteiger partial charge in [0.15, 0.2) is 5.82 Å². The van der Waals surface area contributed by atoms with Crippen LogP contribution < -0.4 is 5.73 Å². The lowest BCUT2D eigenvalue weighted by Crippen LogP contribution is -2.34. The maximum Gasteiger partial charge on any atom is 0.276 e. The van der Waals surface area contributed by atoms with Gasteiger partial charge in [0.25, 0.3) is 5.89 Å². The zero-order valence-electron chi connectivity index (χ0n) is 13.0. The molecule has 2 aromatic heterocycles. The molecule has 7 heteroatoms. The van der Waals surface area contributed by atoms with Crippen LogP contribution in [0.4, 0.5) is 0 Å². The number of H-pyrrole nitrogens is 1. The van der Waals surface area contributed by atoms with Crippen LogP contribution in [0.1, 0.15) is 47.6 Å². The van der Waals surface area contributed by atoms with Gasteiger partial charge in [0, 0.05) is 5.56 Å². The van der Waals surface area contributed by atoms with Crippen LogP contribution in [0.15, 0.2) is 41.2 Å². The second-order valence-electron chi connectivity index (χ2n) is 6.11. The van der Waals surface area contributed by atoms with Gasteiger partial charge >= 0.3 is 0 Å². The minimum atomic E-state index is -0.536. The summed E-state index contributed by atoms with van der Waals surface area (Å²) in [5.41, 5.74) is 7.05. The van der Waals surface area contributed by atoms with Crippen LogP contribution in [-0.2, 0) is 5.54 Å². The Balaban J connectivity index is 1.68. The maximum atomic E-state index is 12.6. The maximum absolute atomic E-state index is 12.6. The summed E-state index contributed by atoms with van der Waals surface area (Å²) in [6, 6.07) is 8.96. The average Bonchev–Trinajstić information content (AvgIpc) is 3.34. The molecule has 1 aromatic carbocycles. The lowest BCUT2D eigenvalue weighted by molar-refractivity contribution is 0.103. The van der Waals surface area contributed by atoms with Crippen molar-refractivity contribution in [2.24, 2.45) is 5.73 Å². The molecule has 1 aliphatic rings. The van der Waals surface area contributed by atoms with Gasteiger partial charge in [-0.05, 0) is 12.8 Å². The molecule has 0 unspecified atom stereocenters. The van der Waals surface area contributed by atoms with Gasteiger partial charge < -0.3 is 15.2 Å². The molecule has 24 heavy (non-hydrogen) atoms. The van der Waals surface area contributed by atoms with Crippen LogP contribution in [0.5, 0.6) is 0 Å². The average molecular weight is 323 g/mol. The monoisotopic (exact) mass is 323 g/mol. The van der Waals surface area contributed by atoms with E-state index in [4.69, 9.17) is 10.3 Å². The van der Waals surface area contributed by atoms with E-state index in [9.17, 15) is 4.79 Å². The molecule has 0 atom stereocenters. The molecule has 3 aromatic rings. The van der Waals surface area contributed by atoms with Crippen molar-refractivity contribution in [3.8, 4) is 11.6 Å². The van der Waals surface area contributed by atoms with Crippen LogP contribution >= 0.6 is 0 Å². The number of aromatic nitrogens is 4. The van der Waals surface area contributed by atoms with Crippen LogP contribution in [0.3, 0.4) is 0 Å². The summed E-state index contributed by atoms with van der Waals surface area (Å²) in [5.74, 6) is 0.524. The van der Waals surface area contributed by atoms with E-state index in [0.29, 0.717) is 17.1 Å². The molecular weight excluding hydrogens is 306 g/mol. The van der Waals surface area contributed by atoms with Gasteiger partial charge in [-0.3, -0.25) is 4.79 Å². The van der Waals surface area contributed by atoms with Crippen molar-refractivity contribution >= 4 is 5.78 Å². The molecule has 1 fully saturated rings. The van der Waals surface area contributed by atoms with E-state index in [1.54, 1.807) is 12.1 Å². The quantitative estimate of drug-likeness (QED) is 0.713. The fraction of sp³-hybridized carbons (Fsp3) is 0.294. The number of nitrogens with two attached hydrogens (primary N) is 1. The van der Waals surface area contributed by atoms with E-state index >= 15 is 0 Å². The number of benzene rings is 1. The first-order valence-corrected chi connectivity index (χ1v) is 7.94. The number of carbonyl (C=O) groups excluding carboxylic acids is 1. The predicted octanol–water partition coefficient (Wildman–Crippen LogP) is 2.42. The molecule has 0 saturated heterocycles. The highest BCUT2D eigenvalue weighted by atomic mass is 16.5. The summed E-state index contributed by atoms with van der Waals surface area (Å²) < 4.78 is 5.35. The smallest absolute Gasteiger partial charge is 0.276 e. The van der Waals surface area contributed by atoms with E-state index < -0.39 is 5.54 Å². The van der Waals surface area contributed by atoms with Gasteiger partial charge in [0.1, 0.15) is 11.4 Å². The Kier molecular flexibility index (Phi) is 3.50. The Morgan fingerprint density at radius 2 is 1.96 bits per heavy atom. The van der Waals surface area contributed by atoms with Crippen LogP contribution in [0, 0.1) is 0 Å². The molecule has 122 valence electrons. The summed E-state index contributed by atoms with van der Waals surface area (Å²) in [6.45, 7) is 0. The van der Waals surface area contributed by atoms with E-state index in [2.05, 4.69) is 20.1 Å². The second kappa shape index (κ2) is 5.68. The Labute approximate surface area is 138 Å². The molecule has 0 radical (unpaired) electrons. The largest absolute Gasteiger partial charge is 0.340 e. The SMILES string of the molecule is NC1(c2noc(-c3[nH]cnc3C(=O)c3ccccc3)n2)CCCC1. The Morgan fingerprint density at radius 1 is 1.21 bits per heavy atom. The van der Waals surface area contributed by atoms with E-state index in [0.717, 1.165) is 25.7 Å². The van der Waals surface area contributed by atoms with Gasteiger partial charge in [-0.1, -0.05) is 48.3 Å². The van der Waals surface area contributed by atoms with Crippen molar-refractivity contribution in [2.75, 3.05) is 0 Å². The summed E-state index contributed by atoms with van der Waals surface area (Å²) in [6.07, 6.45) is 5.24. The molecular formula is C17H17N5O2. The van der Waals surface area contributed by atoms with E-state index in [1.165, 1.54) is 6.33 Å². The summed E-state index contributed by atoms with van der Waals surface area (Å²) in [4.78, 5) is 24.1. The molecule has 1 saturated carbocycles. The number of hydrogen-bond donors (Lipinski definition) is 2. The van der Waals surface area contributed by atoms with Crippen molar-refractivity contribution in [1.29, 1.82) is 0 Å². The first kappa shape index (κ1) is 14.8. The lowest BCUT2D eigenvalue weighted by Gasteiger charge is -2.17. The van der Waals surface area contributed by atoms with Gasteiger partial charge in [0.2, 0.25) is 5.78 Å². The minimum Gasteiger partial charge on any atom is -0.340 e. The third-order valence-corrected chi connectivity index (χ3v) is 4.47. The molecule has 1 aliphatic carbocycles. The number of nitrogens with one attached hydrogen (secondary N) is 1. The fourth-order valence-electron chi connectivity index (χ4n) is 3.11. The Bertz CT molecular complexity index is 862. The zero-order chi connectivity index (χ0) is 16.6. The third kappa shape index (κ3) is 2.43. The normalized spacial score (nSPS) is 16.4. The first-order chi connectivity index (χ1) is 11.7. The van der Waals surface area contributed by atoms with E-state index in [-0.39, 0.29) is 17.4 Å². The van der Waals surface area contributed by atoms with Crippen molar-refractivity contribution in [1.82, 2.24) is 20.1 Å². The van der Waals surface area contributed by atoms with Gasteiger partial charge in [-0.15, -0.1) is 0 Å². The van der Waals surface area contributed by atoms with Gasteiger partial charge in [-0.25, -0.2) is 4.98 Å². The summed E-state index contributed by atoms with van der Waals surface area (Å²) >= 11 is 0. The lowest BCUT2D eigenvalue weighted by atomic mass is 9.99. The highest BCUT2D eigenvalue weighted by Crippen LogP contribution is 2.35. The molecule has 0 amide bonds. The van der Waals surface area contributed by atoms with E-state index in [1.807, 2.05) is 18.2 Å². The molecule has 0 spiro atoms. The van der Waals surface area contributed by atoms with Crippen molar-refractivity contribution in [2.45, 2.75) is 31.2 Å². The number of imidazole rings is 1. The number of aromatic amines is 1. The third-order valence-electron chi connectivity index (χ3n) is 4.47. The number of carbonyl (C=O) groups is 1. The summed E-state index contributed by atoms with van der Waals surface area (Å²) in [7, 11) is 0. The highest BCUT2D eigenvalue weighted by molar-refractivity contribution is 6.10. The van der Waals surface area contributed by atoms with Crippen LogP contribution in [0.2, 0.25) is 0 Å². The second-order valence-corrected chi connectivity index (χ2v) is 6.11. The molecule has 2 heterocycles. The Morgan fingerprint density at radius 3 is 2.71 bits per heavy atom. The van der Waals surface area contributed by atoms with Crippen molar-refractivity contribution < 1.29 is 9.32 Å². The first-order valence-electron chi connectivity index (χ1n) is 7.94. The predicted molar refractivity (Wildman–Crippen MR) is 86.1 cm³/mol. The van der Waals surface area contributed by atoms with Gasteiger partial charge in [-0.2, -0.15) is 4.98 Å². The molecule has 4 rings (SSSR count). The van der Waals surface area contributed by atoms with Gasteiger partial charge in [0.05, 0.1) is 11.9 Å². The molecule has 3 N–H and O–H groups in total. The molecule has 0 bridgehead atoms. The summed E-state index contributed by atoms with van der Waals surface area (Å²) in [5, 5.41) is 4.03. The van der Waals surface area contributed by atoms with Crippen molar-refractivity contribution in [3.05, 3.63) is 53.7 Å². The number of rotatable bonds is 4. The standard InChI is InChI=1S/C17H17N5O2/c18-17(8-4-5-9-17)16-21-15(24-22-16)13-12(19-10-20-13)14(23)11-6-2-1-3-7-11/h1-3,6-7,10H,4-5,8-9,18H2,(H,19,20). The van der Waals surface area contributed by atoms with Crippen molar-refractivity contribution in [3.63, 3.8) is 0 Å². The zero-order valence-corrected chi connectivity index (χ0v) is 13.0. The Hall–Kier alpha value is -2.80. The number of nitrogens with zero attached hydrogens (tertiary/aromatic N) is 3. The minimum absolute atomic E-state index is 0.199.